The topological polar surface area (TPSA) is 114 Å². The number of hydrogen-bond donors (Lipinski definition) is 2. The van der Waals surface area contributed by atoms with E-state index in [2.05, 4.69) is 15.5 Å². The number of fused-ring (bicyclic) bond motifs is 1. The lowest BCUT2D eigenvalue weighted by molar-refractivity contribution is -0.138. The average molecular weight is 465 g/mol. The molecule has 0 unspecified atom stereocenters. The van der Waals surface area contributed by atoms with E-state index in [1.807, 2.05) is 36.1 Å². The molecule has 1 aromatic heterocycles. The highest BCUT2D eigenvalue weighted by Gasteiger charge is 2.23. The van der Waals surface area contributed by atoms with Gasteiger partial charge in [0, 0.05) is 41.1 Å². The van der Waals surface area contributed by atoms with Crippen LogP contribution in [-0.2, 0) is 9.53 Å². The molecule has 0 radical (unpaired) electrons. The average Bonchev–Trinajstić information content (AvgIpc) is 2.84. The fourth-order valence-electron chi connectivity index (χ4n) is 4.23. The van der Waals surface area contributed by atoms with E-state index in [-0.39, 0.29) is 19.4 Å². The number of carboxylic acid groups (broad SMARTS) is 1. The van der Waals surface area contributed by atoms with Crippen LogP contribution in [0.5, 0.6) is 5.75 Å². The van der Waals surface area contributed by atoms with Crippen LogP contribution in [0.3, 0.4) is 0 Å². The van der Waals surface area contributed by atoms with E-state index in [9.17, 15) is 9.59 Å². The number of aldehydes is 1. The summed E-state index contributed by atoms with van der Waals surface area (Å²) in [7, 11) is 0. The second-order valence-corrected chi connectivity index (χ2v) is 8.18. The number of aromatic nitrogens is 2. The van der Waals surface area contributed by atoms with Crippen LogP contribution in [0, 0.1) is 0 Å². The summed E-state index contributed by atoms with van der Waals surface area (Å²) < 4.78 is 11.1. The molecular weight excluding hydrogens is 436 g/mol. The van der Waals surface area contributed by atoms with Crippen LogP contribution < -0.4 is 10.1 Å². The third kappa shape index (κ3) is 5.49. The first-order chi connectivity index (χ1) is 16.6. The number of carbonyl (C=O) groups excluding carboxylic acids is 1. The summed E-state index contributed by atoms with van der Waals surface area (Å²) in [5.74, 6) is 0.329. The SMILES string of the molecule is CCOCOc1cc(C=O)ccc1-c1nnc(N[C@@H]2CCCN(CC(=O)O)C2)c2ccccc12. The molecule has 0 bridgehead atoms. The summed E-state index contributed by atoms with van der Waals surface area (Å²) in [4.78, 5) is 24.3. The van der Waals surface area contributed by atoms with E-state index in [0.29, 0.717) is 41.5 Å². The molecule has 0 amide bonds. The van der Waals surface area contributed by atoms with Crippen molar-refractivity contribution in [2.24, 2.45) is 0 Å². The zero-order valence-corrected chi connectivity index (χ0v) is 19.1. The zero-order valence-electron chi connectivity index (χ0n) is 19.1. The molecule has 1 fully saturated rings. The van der Waals surface area contributed by atoms with Gasteiger partial charge in [0.2, 0.25) is 0 Å². The van der Waals surface area contributed by atoms with Crippen molar-refractivity contribution in [1.82, 2.24) is 15.1 Å². The van der Waals surface area contributed by atoms with Crippen molar-refractivity contribution in [3.8, 4) is 17.0 Å². The third-order valence-electron chi connectivity index (χ3n) is 5.79. The van der Waals surface area contributed by atoms with Gasteiger partial charge in [-0.2, -0.15) is 0 Å². The number of hydrogen-bond acceptors (Lipinski definition) is 8. The van der Waals surface area contributed by atoms with Crippen LogP contribution >= 0.6 is 0 Å². The van der Waals surface area contributed by atoms with Crippen molar-refractivity contribution in [2.45, 2.75) is 25.8 Å². The van der Waals surface area contributed by atoms with E-state index in [4.69, 9.17) is 14.6 Å². The smallest absolute Gasteiger partial charge is 0.317 e. The summed E-state index contributed by atoms with van der Waals surface area (Å²) in [6.45, 7) is 3.89. The predicted octanol–water partition coefficient (Wildman–Crippen LogP) is 3.44. The molecule has 1 atom stereocenters. The summed E-state index contributed by atoms with van der Waals surface area (Å²) >= 11 is 0. The molecule has 1 aliphatic rings. The lowest BCUT2D eigenvalue weighted by Gasteiger charge is -2.32. The first-order valence-corrected chi connectivity index (χ1v) is 11.3. The molecule has 178 valence electrons. The number of nitrogens with one attached hydrogen (secondary N) is 1. The fourth-order valence-corrected chi connectivity index (χ4v) is 4.23. The maximum Gasteiger partial charge on any atom is 0.317 e. The van der Waals surface area contributed by atoms with Crippen LogP contribution in [0.15, 0.2) is 42.5 Å². The lowest BCUT2D eigenvalue weighted by atomic mass is 10.0. The van der Waals surface area contributed by atoms with Gasteiger partial charge in [-0.05, 0) is 38.4 Å². The Kier molecular flexibility index (Phi) is 7.66. The van der Waals surface area contributed by atoms with Crippen molar-refractivity contribution in [3.63, 3.8) is 0 Å². The van der Waals surface area contributed by atoms with Crippen LogP contribution in [-0.4, -0.2) is 71.5 Å². The summed E-state index contributed by atoms with van der Waals surface area (Å²) in [5.41, 5.74) is 1.85. The van der Waals surface area contributed by atoms with Gasteiger partial charge < -0.3 is 19.9 Å². The maximum absolute atomic E-state index is 11.3. The van der Waals surface area contributed by atoms with Gasteiger partial charge in [-0.15, -0.1) is 10.2 Å². The summed E-state index contributed by atoms with van der Waals surface area (Å²) in [6, 6.07) is 13.1. The molecule has 2 aromatic carbocycles. The molecule has 0 spiro atoms. The highest BCUT2D eigenvalue weighted by molar-refractivity contribution is 6.01. The normalized spacial score (nSPS) is 16.3. The molecule has 1 aliphatic heterocycles. The molecule has 0 saturated carbocycles. The first kappa shape index (κ1) is 23.6. The van der Waals surface area contributed by atoms with Gasteiger partial charge in [0.15, 0.2) is 12.6 Å². The Morgan fingerprint density at radius 2 is 2.06 bits per heavy atom. The second kappa shape index (κ2) is 11.0. The van der Waals surface area contributed by atoms with Crippen molar-refractivity contribution in [3.05, 3.63) is 48.0 Å². The molecule has 1 saturated heterocycles. The number of anilines is 1. The maximum atomic E-state index is 11.3. The molecule has 2 N–H and O–H groups in total. The number of likely N-dealkylation sites (tertiary alicyclic amines) is 1. The Hall–Kier alpha value is -3.56. The van der Waals surface area contributed by atoms with Crippen LogP contribution in [0.4, 0.5) is 5.82 Å². The molecule has 2 heterocycles. The highest BCUT2D eigenvalue weighted by Crippen LogP contribution is 2.36. The Balaban J connectivity index is 1.66. The van der Waals surface area contributed by atoms with Gasteiger partial charge in [-0.25, -0.2) is 0 Å². The van der Waals surface area contributed by atoms with Crippen LogP contribution in [0.25, 0.3) is 22.0 Å². The fraction of sp³-hybridized carbons (Fsp3) is 0.360. The minimum Gasteiger partial charge on any atom is -0.480 e. The predicted molar refractivity (Wildman–Crippen MR) is 128 cm³/mol. The Bertz CT molecular complexity index is 1170. The largest absolute Gasteiger partial charge is 0.480 e. The Labute approximate surface area is 197 Å². The highest BCUT2D eigenvalue weighted by atomic mass is 16.7. The second-order valence-electron chi connectivity index (χ2n) is 8.18. The standard InChI is InChI=1S/C25H28N4O5/c1-2-33-16-34-22-12-17(15-30)9-10-21(22)24-19-7-3-4-8-20(19)25(28-27-24)26-18-6-5-11-29(13-18)14-23(31)32/h3-4,7-10,12,15,18H,2,5-6,11,13-14,16H2,1H3,(H,26,28)(H,31,32)/t18-/m1/s1. The van der Waals surface area contributed by atoms with Crippen molar-refractivity contribution < 1.29 is 24.2 Å². The molecule has 34 heavy (non-hydrogen) atoms. The number of aliphatic carboxylic acids is 1. The van der Waals surface area contributed by atoms with Gasteiger partial charge in [0.05, 0.1) is 6.54 Å². The number of nitrogens with zero attached hydrogens (tertiary/aromatic N) is 3. The Morgan fingerprint density at radius 1 is 1.24 bits per heavy atom. The molecule has 9 heteroatoms. The lowest BCUT2D eigenvalue weighted by Crippen LogP contribution is -2.44. The summed E-state index contributed by atoms with van der Waals surface area (Å²) in [6.07, 6.45) is 2.61. The van der Waals surface area contributed by atoms with E-state index < -0.39 is 5.97 Å². The zero-order chi connectivity index (χ0) is 23.9. The van der Waals surface area contributed by atoms with Crippen molar-refractivity contribution >= 4 is 28.8 Å². The molecule has 3 aromatic rings. The van der Waals surface area contributed by atoms with E-state index in [1.54, 1.807) is 18.2 Å². The van der Waals surface area contributed by atoms with E-state index >= 15 is 0 Å². The van der Waals surface area contributed by atoms with Gasteiger partial charge >= 0.3 is 5.97 Å². The molecule has 0 aliphatic carbocycles. The number of carboxylic acids is 1. The van der Waals surface area contributed by atoms with Gasteiger partial charge in [-0.3, -0.25) is 14.5 Å². The van der Waals surface area contributed by atoms with Crippen molar-refractivity contribution in [1.29, 1.82) is 0 Å². The molecular formula is C25H28N4O5. The van der Waals surface area contributed by atoms with E-state index in [1.165, 1.54) is 0 Å². The third-order valence-corrected chi connectivity index (χ3v) is 5.79. The molecule has 9 nitrogen and oxygen atoms in total. The minimum atomic E-state index is -0.821. The minimum absolute atomic E-state index is 0.0326. The van der Waals surface area contributed by atoms with Gasteiger partial charge in [0.25, 0.3) is 0 Å². The number of carbonyl (C=O) groups is 2. The van der Waals surface area contributed by atoms with Crippen LogP contribution in [0.1, 0.15) is 30.1 Å². The monoisotopic (exact) mass is 464 g/mol. The Morgan fingerprint density at radius 3 is 2.82 bits per heavy atom. The van der Waals surface area contributed by atoms with Gasteiger partial charge in [-0.1, -0.05) is 30.3 Å². The van der Waals surface area contributed by atoms with Crippen LogP contribution in [0.2, 0.25) is 0 Å². The van der Waals surface area contributed by atoms with Crippen molar-refractivity contribution in [2.75, 3.05) is 38.4 Å². The summed E-state index contributed by atoms with van der Waals surface area (Å²) in [5, 5.41) is 23.4. The van der Waals surface area contributed by atoms with Gasteiger partial charge in [0.1, 0.15) is 17.7 Å². The number of piperidine rings is 1. The number of ether oxygens (including phenoxy) is 2. The quantitative estimate of drug-likeness (QED) is 0.264. The first-order valence-electron chi connectivity index (χ1n) is 11.3. The molecule has 4 rings (SSSR count). The number of benzene rings is 2. The van der Waals surface area contributed by atoms with E-state index in [0.717, 1.165) is 36.4 Å². The number of rotatable bonds is 10.